The fraction of sp³-hybridized carbons (Fsp3) is 0.316. The van der Waals surface area contributed by atoms with Gasteiger partial charge >= 0.3 is 0 Å². The number of nitrogens with one attached hydrogen (secondary N) is 1. The Labute approximate surface area is 137 Å². The van der Waals surface area contributed by atoms with Crippen LogP contribution < -0.4 is 14.8 Å². The van der Waals surface area contributed by atoms with Gasteiger partial charge in [0.05, 0.1) is 14.2 Å². The van der Waals surface area contributed by atoms with E-state index in [4.69, 9.17) is 9.47 Å². The monoisotopic (exact) mass is 313 g/mol. The van der Waals surface area contributed by atoms with E-state index in [-0.39, 0.29) is 5.91 Å². The van der Waals surface area contributed by atoms with Crippen LogP contribution in [0.3, 0.4) is 0 Å². The Bertz CT molecular complexity index is 665. The molecule has 0 unspecified atom stereocenters. The van der Waals surface area contributed by atoms with E-state index in [9.17, 15) is 4.79 Å². The number of carbonyl (C=O) groups is 1. The number of hydrogen-bond donors (Lipinski definition) is 1. The summed E-state index contributed by atoms with van der Waals surface area (Å²) in [5.41, 5.74) is 3.37. The standard InChI is InChI=1S/C19H23NO3/c1-12(2)14-6-8-16(9-7-14)20-19(21)15-10-17(22-4)13(3)18(11-15)23-5/h6-12H,1-5H3,(H,20,21). The van der Waals surface area contributed by atoms with Crippen LogP contribution in [0, 0.1) is 6.92 Å². The third-order valence-electron chi connectivity index (χ3n) is 3.85. The first-order chi connectivity index (χ1) is 11.0. The minimum atomic E-state index is -0.195. The normalized spacial score (nSPS) is 10.5. The Balaban J connectivity index is 2.23. The number of benzene rings is 2. The predicted molar refractivity (Wildman–Crippen MR) is 92.8 cm³/mol. The first-order valence-corrected chi connectivity index (χ1v) is 7.60. The van der Waals surface area contributed by atoms with Crippen molar-refractivity contribution in [3.8, 4) is 11.5 Å². The highest BCUT2D eigenvalue weighted by Gasteiger charge is 2.14. The van der Waals surface area contributed by atoms with Crippen molar-refractivity contribution >= 4 is 11.6 Å². The lowest BCUT2D eigenvalue weighted by Crippen LogP contribution is -2.12. The van der Waals surface area contributed by atoms with Crippen LogP contribution in [0.4, 0.5) is 5.69 Å². The maximum atomic E-state index is 12.5. The Morgan fingerprint density at radius 3 is 1.96 bits per heavy atom. The van der Waals surface area contributed by atoms with Crippen molar-refractivity contribution in [3.63, 3.8) is 0 Å². The van der Waals surface area contributed by atoms with Crippen LogP contribution in [-0.2, 0) is 0 Å². The molecule has 0 saturated heterocycles. The highest BCUT2D eigenvalue weighted by Crippen LogP contribution is 2.29. The van der Waals surface area contributed by atoms with Gasteiger partial charge in [-0.25, -0.2) is 0 Å². The lowest BCUT2D eigenvalue weighted by atomic mass is 10.0. The van der Waals surface area contributed by atoms with Crippen LogP contribution in [0.15, 0.2) is 36.4 Å². The molecule has 122 valence electrons. The SMILES string of the molecule is COc1cc(C(=O)Nc2ccc(C(C)C)cc2)cc(OC)c1C. The Kier molecular flexibility index (Phi) is 5.27. The van der Waals surface area contributed by atoms with Gasteiger partial charge < -0.3 is 14.8 Å². The third-order valence-corrected chi connectivity index (χ3v) is 3.85. The molecule has 4 heteroatoms. The van der Waals surface area contributed by atoms with Crippen molar-refractivity contribution in [1.29, 1.82) is 0 Å². The van der Waals surface area contributed by atoms with E-state index in [2.05, 4.69) is 19.2 Å². The van der Waals surface area contributed by atoms with Crippen LogP contribution in [0.1, 0.15) is 41.3 Å². The van der Waals surface area contributed by atoms with Crippen molar-refractivity contribution in [3.05, 3.63) is 53.1 Å². The fourth-order valence-electron chi connectivity index (χ4n) is 2.37. The zero-order valence-corrected chi connectivity index (χ0v) is 14.3. The predicted octanol–water partition coefficient (Wildman–Crippen LogP) is 4.39. The van der Waals surface area contributed by atoms with Crippen molar-refractivity contribution in [2.75, 3.05) is 19.5 Å². The molecule has 1 N–H and O–H groups in total. The van der Waals surface area contributed by atoms with Crippen LogP contribution in [0.5, 0.6) is 11.5 Å². The van der Waals surface area contributed by atoms with Gasteiger partial charge in [-0.1, -0.05) is 26.0 Å². The maximum Gasteiger partial charge on any atom is 0.255 e. The molecule has 1 amide bonds. The lowest BCUT2D eigenvalue weighted by Gasteiger charge is -2.13. The minimum Gasteiger partial charge on any atom is -0.496 e. The average molecular weight is 313 g/mol. The van der Waals surface area contributed by atoms with E-state index in [0.29, 0.717) is 23.0 Å². The topological polar surface area (TPSA) is 47.6 Å². The van der Waals surface area contributed by atoms with Gasteiger partial charge in [-0.15, -0.1) is 0 Å². The van der Waals surface area contributed by atoms with Gasteiger partial charge in [0.25, 0.3) is 5.91 Å². The van der Waals surface area contributed by atoms with Gasteiger partial charge in [0.2, 0.25) is 0 Å². The zero-order chi connectivity index (χ0) is 17.0. The zero-order valence-electron chi connectivity index (χ0n) is 14.3. The number of methoxy groups -OCH3 is 2. The summed E-state index contributed by atoms with van der Waals surface area (Å²) in [7, 11) is 3.15. The van der Waals surface area contributed by atoms with Crippen molar-refractivity contribution in [2.45, 2.75) is 26.7 Å². The molecule has 4 nitrogen and oxygen atoms in total. The van der Waals surface area contributed by atoms with E-state index < -0.39 is 0 Å². The molecule has 2 aromatic rings. The summed E-state index contributed by atoms with van der Waals surface area (Å²) in [4.78, 5) is 12.5. The molecule has 0 aliphatic carbocycles. The quantitative estimate of drug-likeness (QED) is 0.890. The summed E-state index contributed by atoms with van der Waals surface area (Å²) >= 11 is 0. The van der Waals surface area contributed by atoms with Gasteiger partial charge in [0.1, 0.15) is 11.5 Å². The number of hydrogen-bond acceptors (Lipinski definition) is 3. The van der Waals surface area contributed by atoms with Crippen LogP contribution in [0.25, 0.3) is 0 Å². The van der Waals surface area contributed by atoms with Crippen molar-refractivity contribution in [2.24, 2.45) is 0 Å². The lowest BCUT2D eigenvalue weighted by molar-refractivity contribution is 0.102. The Morgan fingerprint density at radius 1 is 1.00 bits per heavy atom. The highest BCUT2D eigenvalue weighted by molar-refractivity contribution is 6.05. The van der Waals surface area contributed by atoms with Crippen molar-refractivity contribution in [1.82, 2.24) is 0 Å². The van der Waals surface area contributed by atoms with Crippen molar-refractivity contribution < 1.29 is 14.3 Å². The van der Waals surface area contributed by atoms with Gasteiger partial charge in [-0.05, 0) is 42.7 Å². The average Bonchev–Trinajstić information content (AvgIpc) is 2.55. The first-order valence-electron chi connectivity index (χ1n) is 7.60. The summed E-state index contributed by atoms with van der Waals surface area (Å²) in [6, 6.07) is 11.3. The number of carbonyl (C=O) groups excluding carboxylic acids is 1. The summed E-state index contributed by atoms with van der Waals surface area (Å²) in [5.74, 6) is 1.53. The minimum absolute atomic E-state index is 0.195. The summed E-state index contributed by atoms with van der Waals surface area (Å²) < 4.78 is 10.6. The molecular weight excluding hydrogens is 290 g/mol. The fourth-order valence-corrected chi connectivity index (χ4v) is 2.37. The van der Waals surface area contributed by atoms with E-state index >= 15 is 0 Å². The molecule has 0 heterocycles. The van der Waals surface area contributed by atoms with Crippen LogP contribution in [-0.4, -0.2) is 20.1 Å². The summed E-state index contributed by atoms with van der Waals surface area (Å²) in [5, 5.41) is 2.90. The molecule has 0 aromatic heterocycles. The molecule has 0 bridgehead atoms. The van der Waals surface area contributed by atoms with E-state index in [1.54, 1.807) is 26.4 Å². The third kappa shape index (κ3) is 3.83. The Morgan fingerprint density at radius 2 is 1.52 bits per heavy atom. The molecule has 0 spiro atoms. The van der Waals surface area contributed by atoms with Crippen LogP contribution >= 0.6 is 0 Å². The second kappa shape index (κ2) is 7.18. The molecule has 2 aromatic carbocycles. The van der Waals surface area contributed by atoms with Gasteiger partial charge in [-0.2, -0.15) is 0 Å². The van der Waals surface area contributed by atoms with E-state index in [1.807, 2.05) is 31.2 Å². The largest absolute Gasteiger partial charge is 0.496 e. The molecule has 2 rings (SSSR count). The Hall–Kier alpha value is -2.49. The molecular formula is C19H23NO3. The van der Waals surface area contributed by atoms with Crippen LogP contribution in [0.2, 0.25) is 0 Å². The molecule has 23 heavy (non-hydrogen) atoms. The molecule has 0 radical (unpaired) electrons. The smallest absolute Gasteiger partial charge is 0.255 e. The number of amides is 1. The second-order valence-corrected chi connectivity index (χ2v) is 5.74. The molecule has 0 atom stereocenters. The van der Waals surface area contributed by atoms with E-state index in [0.717, 1.165) is 11.3 Å². The summed E-state index contributed by atoms with van der Waals surface area (Å²) in [6.07, 6.45) is 0. The highest BCUT2D eigenvalue weighted by atomic mass is 16.5. The van der Waals surface area contributed by atoms with Gasteiger partial charge in [0.15, 0.2) is 0 Å². The molecule has 0 aliphatic rings. The maximum absolute atomic E-state index is 12.5. The molecule has 0 saturated carbocycles. The van der Waals surface area contributed by atoms with E-state index in [1.165, 1.54) is 5.56 Å². The first kappa shape index (κ1) is 16.9. The number of ether oxygens (including phenoxy) is 2. The molecule has 0 fully saturated rings. The number of rotatable bonds is 5. The molecule has 0 aliphatic heterocycles. The van der Waals surface area contributed by atoms with Gasteiger partial charge in [-0.3, -0.25) is 4.79 Å². The van der Waals surface area contributed by atoms with Gasteiger partial charge in [0, 0.05) is 16.8 Å². The summed E-state index contributed by atoms with van der Waals surface area (Å²) in [6.45, 7) is 6.17. The second-order valence-electron chi connectivity index (χ2n) is 5.74. The number of anilines is 1.